The van der Waals surface area contributed by atoms with E-state index in [9.17, 15) is 4.39 Å². The zero-order valence-corrected chi connectivity index (χ0v) is 11.6. The van der Waals surface area contributed by atoms with E-state index in [0.717, 1.165) is 5.69 Å². The van der Waals surface area contributed by atoms with E-state index in [1.807, 2.05) is 7.05 Å². The topological polar surface area (TPSA) is 24.9 Å². The fourth-order valence-electron chi connectivity index (χ4n) is 2.78. The molecule has 0 aliphatic heterocycles. The van der Waals surface area contributed by atoms with E-state index >= 15 is 0 Å². The van der Waals surface area contributed by atoms with Crippen LogP contribution >= 0.6 is 0 Å². The van der Waals surface area contributed by atoms with Crippen molar-refractivity contribution >= 4 is 0 Å². The van der Waals surface area contributed by atoms with Gasteiger partial charge in [0.2, 0.25) is 0 Å². The van der Waals surface area contributed by atoms with E-state index in [2.05, 4.69) is 34.6 Å². The van der Waals surface area contributed by atoms with Crippen molar-refractivity contribution in [3.8, 4) is 0 Å². The summed E-state index contributed by atoms with van der Waals surface area (Å²) in [5, 5.41) is 3.27. The first-order valence-corrected chi connectivity index (χ1v) is 7.16. The normalized spacial score (nSPS) is 16.7. The van der Waals surface area contributed by atoms with Crippen molar-refractivity contribution < 1.29 is 4.39 Å². The minimum atomic E-state index is -0.299. The third-order valence-electron chi connectivity index (χ3n) is 4.16. The molecule has 1 aliphatic carbocycles. The Bertz CT molecular complexity index is 576. The van der Waals surface area contributed by atoms with Crippen LogP contribution in [0.2, 0.25) is 0 Å². The van der Waals surface area contributed by atoms with E-state index in [4.69, 9.17) is 0 Å². The van der Waals surface area contributed by atoms with Gasteiger partial charge in [-0.05, 0) is 49.1 Å². The third-order valence-corrected chi connectivity index (χ3v) is 4.16. The summed E-state index contributed by atoms with van der Waals surface area (Å²) in [6.45, 7) is 0. The Morgan fingerprint density at radius 1 is 1.25 bits per heavy atom. The van der Waals surface area contributed by atoms with Gasteiger partial charge in [-0.1, -0.05) is 30.7 Å². The quantitative estimate of drug-likeness (QED) is 0.914. The lowest BCUT2D eigenvalue weighted by atomic mass is 9.79. The predicted molar refractivity (Wildman–Crippen MR) is 78.1 cm³/mol. The van der Waals surface area contributed by atoms with Crippen LogP contribution in [-0.2, 0) is 0 Å². The average Bonchev–Trinajstić information content (AvgIpc) is 2.40. The fourth-order valence-corrected chi connectivity index (χ4v) is 2.78. The minimum absolute atomic E-state index is 0.00984. The maximum Gasteiger partial charge on any atom is 0.141 e. The highest BCUT2D eigenvalue weighted by Gasteiger charge is 2.21. The molecule has 3 rings (SSSR count). The number of benzene rings is 1. The molecule has 20 heavy (non-hydrogen) atoms. The van der Waals surface area contributed by atoms with Crippen LogP contribution in [0, 0.1) is 5.82 Å². The summed E-state index contributed by atoms with van der Waals surface area (Å²) in [6.07, 6.45) is 5.20. The smallest absolute Gasteiger partial charge is 0.141 e. The third kappa shape index (κ3) is 2.59. The molecule has 1 aromatic heterocycles. The number of rotatable bonds is 4. The lowest BCUT2D eigenvalue weighted by molar-refractivity contribution is 0.419. The highest BCUT2D eigenvalue weighted by Crippen LogP contribution is 2.37. The van der Waals surface area contributed by atoms with Crippen molar-refractivity contribution in [2.45, 2.75) is 31.2 Å². The maximum atomic E-state index is 13.0. The zero-order valence-electron chi connectivity index (χ0n) is 11.6. The molecule has 1 heterocycles. The molecular weight excluding hydrogens is 251 g/mol. The molecule has 1 aromatic carbocycles. The van der Waals surface area contributed by atoms with Crippen molar-refractivity contribution in [2.75, 3.05) is 7.05 Å². The van der Waals surface area contributed by atoms with Gasteiger partial charge in [0.15, 0.2) is 0 Å². The number of aromatic nitrogens is 1. The molecule has 1 unspecified atom stereocenters. The summed E-state index contributed by atoms with van der Waals surface area (Å²) < 4.78 is 13.0. The van der Waals surface area contributed by atoms with Crippen LogP contribution in [0.25, 0.3) is 0 Å². The molecule has 0 amide bonds. The second kappa shape index (κ2) is 5.71. The molecule has 104 valence electrons. The molecule has 1 saturated carbocycles. The number of hydrogen-bond donors (Lipinski definition) is 1. The Kier molecular flexibility index (Phi) is 3.79. The van der Waals surface area contributed by atoms with Crippen LogP contribution in [0.5, 0.6) is 0 Å². The summed E-state index contributed by atoms with van der Waals surface area (Å²) >= 11 is 0. The van der Waals surface area contributed by atoms with Crippen LogP contribution < -0.4 is 5.32 Å². The molecule has 1 fully saturated rings. The van der Waals surface area contributed by atoms with Crippen molar-refractivity contribution in [3.05, 3.63) is 65.2 Å². The van der Waals surface area contributed by atoms with Crippen LogP contribution in [0.3, 0.4) is 0 Å². The molecule has 1 N–H and O–H groups in total. The first-order valence-electron chi connectivity index (χ1n) is 7.16. The van der Waals surface area contributed by atoms with Gasteiger partial charge in [0.1, 0.15) is 5.82 Å². The molecule has 0 saturated heterocycles. The molecular formula is C17H19FN2. The standard InChI is InChI=1S/C17H19FN2/c1-19-17(16-9-8-15(18)11-20-16)14-7-3-6-13(10-14)12-4-2-5-12/h3,6-12,17,19H,2,4-5H2,1H3. The van der Waals surface area contributed by atoms with Gasteiger partial charge in [-0.25, -0.2) is 4.39 Å². The molecule has 2 nitrogen and oxygen atoms in total. The van der Waals surface area contributed by atoms with Crippen LogP contribution in [-0.4, -0.2) is 12.0 Å². The van der Waals surface area contributed by atoms with Crippen molar-refractivity contribution in [3.63, 3.8) is 0 Å². The fraction of sp³-hybridized carbons (Fsp3) is 0.353. The summed E-state index contributed by atoms with van der Waals surface area (Å²) in [7, 11) is 1.91. The average molecular weight is 270 g/mol. The molecule has 0 spiro atoms. The summed E-state index contributed by atoms with van der Waals surface area (Å²) in [6, 6.07) is 11.9. The van der Waals surface area contributed by atoms with Gasteiger partial charge in [0.25, 0.3) is 0 Å². The summed E-state index contributed by atoms with van der Waals surface area (Å²) in [5.74, 6) is 0.417. The van der Waals surface area contributed by atoms with Gasteiger partial charge in [0, 0.05) is 0 Å². The van der Waals surface area contributed by atoms with Crippen molar-refractivity contribution in [1.29, 1.82) is 0 Å². The molecule has 0 bridgehead atoms. The molecule has 3 heteroatoms. The molecule has 0 radical (unpaired) electrons. The maximum absolute atomic E-state index is 13.0. The van der Waals surface area contributed by atoms with Gasteiger partial charge in [-0.15, -0.1) is 0 Å². The van der Waals surface area contributed by atoms with Crippen LogP contribution in [0.1, 0.15) is 48.0 Å². The number of nitrogens with zero attached hydrogens (tertiary/aromatic N) is 1. The van der Waals surface area contributed by atoms with Gasteiger partial charge >= 0.3 is 0 Å². The number of nitrogens with one attached hydrogen (secondary N) is 1. The minimum Gasteiger partial charge on any atom is -0.308 e. The van der Waals surface area contributed by atoms with Gasteiger partial charge < -0.3 is 5.32 Å². The molecule has 2 aromatic rings. The van der Waals surface area contributed by atoms with Gasteiger partial charge in [-0.3, -0.25) is 4.98 Å². The lowest BCUT2D eigenvalue weighted by Crippen LogP contribution is -2.19. The van der Waals surface area contributed by atoms with E-state index in [-0.39, 0.29) is 11.9 Å². The van der Waals surface area contributed by atoms with Gasteiger partial charge in [-0.2, -0.15) is 0 Å². The van der Waals surface area contributed by atoms with E-state index in [1.165, 1.54) is 42.7 Å². The SMILES string of the molecule is CNC(c1cccc(C2CCC2)c1)c1ccc(F)cn1. The van der Waals surface area contributed by atoms with Gasteiger partial charge in [0.05, 0.1) is 17.9 Å². The Morgan fingerprint density at radius 3 is 2.70 bits per heavy atom. The highest BCUT2D eigenvalue weighted by molar-refractivity contribution is 5.33. The number of pyridine rings is 1. The van der Waals surface area contributed by atoms with Crippen molar-refractivity contribution in [1.82, 2.24) is 10.3 Å². The largest absolute Gasteiger partial charge is 0.308 e. The van der Waals surface area contributed by atoms with E-state index in [1.54, 1.807) is 6.07 Å². The molecule has 1 atom stereocenters. The Balaban J connectivity index is 1.90. The summed E-state index contributed by atoms with van der Waals surface area (Å²) in [4.78, 5) is 4.20. The monoisotopic (exact) mass is 270 g/mol. The molecule has 1 aliphatic rings. The number of halogens is 1. The van der Waals surface area contributed by atoms with E-state index in [0.29, 0.717) is 5.92 Å². The second-order valence-corrected chi connectivity index (χ2v) is 5.42. The predicted octanol–water partition coefficient (Wildman–Crippen LogP) is 3.80. The van der Waals surface area contributed by atoms with Crippen LogP contribution in [0.15, 0.2) is 42.6 Å². The number of hydrogen-bond acceptors (Lipinski definition) is 2. The zero-order chi connectivity index (χ0) is 13.9. The first kappa shape index (κ1) is 13.3. The summed E-state index contributed by atoms with van der Waals surface area (Å²) in [5.41, 5.74) is 3.45. The lowest BCUT2D eigenvalue weighted by Gasteiger charge is -2.27. The Labute approximate surface area is 119 Å². The Hall–Kier alpha value is -1.74. The second-order valence-electron chi connectivity index (χ2n) is 5.42. The van der Waals surface area contributed by atoms with Crippen LogP contribution in [0.4, 0.5) is 4.39 Å². The first-order chi connectivity index (χ1) is 9.78. The van der Waals surface area contributed by atoms with E-state index < -0.39 is 0 Å². The van der Waals surface area contributed by atoms with Crippen molar-refractivity contribution in [2.24, 2.45) is 0 Å². The Morgan fingerprint density at radius 2 is 2.10 bits per heavy atom. The highest BCUT2D eigenvalue weighted by atomic mass is 19.1.